The van der Waals surface area contributed by atoms with Crippen molar-refractivity contribution in [2.24, 2.45) is 0 Å². The molecular formula is C17H14Cl2N4O4S. The second-order valence-electron chi connectivity index (χ2n) is 6.01. The molecule has 8 nitrogen and oxygen atoms in total. The smallest absolute Gasteiger partial charge is 0.292 e. The number of anilines is 1. The molecule has 0 atom stereocenters. The van der Waals surface area contributed by atoms with Crippen molar-refractivity contribution in [1.82, 2.24) is 4.31 Å². The summed E-state index contributed by atoms with van der Waals surface area (Å²) in [6.07, 6.45) is 0. The second-order valence-corrected chi connectivity index (χ2v) is 8.70. The lowest BCUT2D eigenvalue weighted by Gasteiger charge is -2.35. The van der Waals surface area contributed by atoms with Crippen LogP contribution in [0.5, 0.6) is 0 Å². The van der Waals surface area contributed by atoms with Gasteiger partial charge in [0.15, 0.2) is 0 Å². The van der Waals surface area contributed by atoms with Crippen molar-refractivity contribution in [1.29, 1.82) is 5.26 Å². The molecule has 28 heavy (non-hydrogen) atoms. The zero-order valence-electron chi connectivity index (χ0n) is 14.4. The Morgan fingerprint density at radius 2 is 1.68 bits per heavy atom. The van der Waals surface area contributed by atoms with E-state index < -0.39 is 14.9 Å². The summed E-state index contributed by atoms with van der Waals surface area (Å²) in [5, 5.41) is 20.4. The van der Waals surface area contributed by atoms with Gasteiger partial charge in [-0.05, 0) is 24.3 Å². The summed E-state index contributed by atoms with van der Waals surface area (Å²) in [5.41, 5.74) is 0.444. The van der Waals surface area contributed by atoms with Crippen molar-refractivity contribution in [3.05, 3.63) is 62.1 Å². The number of rotatable bonds is 4. The Hall–Kier alpha value is -2.38. The molecule has 0 N–H and O–H groups in total. The standard InChI is InChI=1S/C17H14Cl2N4O4S/c18-13-2-1-3-14(19)17(13)28(26,27)22-8-6-21(7-9-22)16-10-12(11-20)4-5-15(16)23(24)25/h1-5,10H,6-9H2. The quantitative estimate of drug-likeness (QED) is 0.532. The van der Waals surface area contributed by atoms with Crippen LogP contribution < -0.4 is 4.90 Å². The summed E-state index contributed by atoms with van der Waals surface area (Å²) < 4.78 is 27.1. The minimum Gasteiger partial charge on any atom is -0.363 e. The number of benzene rings is 2. The van der Waals surface area contributed by atoms with E-state index in [-0.39, 0.29) is 52.5 Å². The number of nitriles is 1. The first-order valence-electron chi connectivity index (χ1n) is 8.13. The van der Waals surface area contributed by atoms with Crippen LogP contribution in [0, 0.1) is 21.4 Å². The Labute approximate surface area is 171 Å². The zero-order chi connectivity index (χ0) is 20.5. The maximum atomic E-state index is 12.9. The first-order valence-corrected chi connectivity index (χ1v) is 10.3. The van der Waals surface area contributed by atoms with Gasteiger partial charge < -0.3 is 4.90 Å². The molecular weight excluding hydrogens is 427 g/mol. The lowest BCUT2D eigenvalue weighted by molar-refractivity contribution is -0.384. The van der Waals surface area contributed by atoms with Crippen LogP contribution in [0.2, 0.25) is 10.0 Å². The van der Waals surface area contributed by atoms with Crippen molar-refractivity contribution in [2.45, 2.75) is 4.90 Å². The molecule has 2 aromatic rings. The van der Waals surface area contributed by atoms with Crippen molar-refractivity contribution in [2.75, 3.05) is 31.1 Å². The highest BCUT2D eigenvalue weighted by molar-refractivity contribution is 7.89. The molecule has 3 rings (SSSR count). The molecule has 1 aliphatic heterocycles. The number of sulfonamides is 1. The van der Waals surface area contributed by atoms with Gasteiger partial charge in [0.2, 0.25) is 10.0 Å². The normalized spacial score (nSPS) is 15.2. The Kier molecular flexibility index (Phi) is 5.76. The number of hydrogen-bond donors (Lipinski definition) is 0. The van der Waals surface area contributed by atoms with E-state index in [1.165, 1.54) is 34.6 Å². The average Bonchev–Trinajstić information content (AvgIpc) is 2.67. The SMILES string of the molecule is N#Cc1ccc([N+](=O)[O-])c(N2CCN(S(=O)(=O)c3c(Cl)cccc3Cl)CC2)c1. The van der Waals surface area contributed by atoms with Crippen LogP contribution in [-0.4, -0.2) is 43.8 Å². The number of nitrogens with zero attached hydrogens (tertiary/aromatic N) is 4. The predicted molar refractivity (Wildman–Crippen MR) is 105 cm³/mol. The van der Waals surface area contributed by atoms with Crippen molar-refractivity contribution < 1.29 is 13.3 Å². The molecule has 0 aliphatic carbocycles. The highest BCUT2D eigenvalue weighted by Crippen LogP contribution is 2.34. The monoisotopic (exact) mass is 440 g/mol. The maximum Gasteiger partial charge on any atom is 0.292 e. The summed E-state index contributed by atoms with van der Waals surface area (Å²) in [4.78, 5) is 12.3. The summed E-state index contributed by atoms with van der Waals surface area (Å²) in [5.74, 6) is 0. The summed E-state index contributed by atoms with van der Waals surface area (Å²) in [6, 6.07) is 10.5. The van der Waals surface area contributed by atoms with E-state index in [9.17, 15) is 18.5 Å². The molecule has 1 aliphatic rings. The van der Waals surface area contributed by atoms with E-state index in [0.29, 0.717) is 5.56 Å². The van der Waals surface area contributed by atoms with E-state index >= 15 is 0 Å². The third-order valence-electron chi connectivity index (χ3n) is 4.40. The molecule has 0 amide bonds. The maximum absolute atomic E-state index is 12.9. The molecule has 0 radical (unpaired) electrons. The lowest BCUT2D eigenvalue weighted by atomic mass is 10.1. The molecule has 0 bridgehead atoms. The van der Waals surface area contributed by atoms with Crippen LogP contribution in [0.3, 0.4) is 0 Å². The number of nitro groups is 1. The summed E-state index contributed by atoms with van der Waals surface area (Å²) in [6.45, 7) is 0.629. The molecule has 0 spiro atoms. The molecule has 1 fully saturated rings. The van der Waals surface area contributed by atoms with Crippen molar-refractivity contribution in [3.8, 4) is 6.07 Å². The van der Waals surface area contributed by atoms with Gasteiger partial charge in [-0.3, -0.25) is 10.1 Å². The van der Waals surface area contributed by atoms with Gasteiger partial charge in [0.05, 0.1) is 26.6 Å². The van der Waals surface area contributed by atoms with Crippen molar-refractivity contribution >= 4 is 44.6 Å². The van der Waals surface area contributed by atoms with Gasteiger partial charge in [-0.2, -0.15) is 9.57 Å². The number of nitro benzene ring substituents is 1. The highest BCUT2D eigenvalue weighted by atomic mass is 35.5. The Morgan fingerprint density at radius 1 is 1.07 bits per heavy atom. The van der Waals surface area contributed by atoms with E-state index in [0.717, 1.165) is 0 Å². The molecule has 1 heterocycles. The average molecular weight is 441 g/mol. The van der Waals surface area contributed by atoms with Crippen molar-refractivity contribution in [3.63, 3.8) is 0 Å². The largest absolute Gasteiger partial charge is 0.363 e. The first-order chi connectivity index (χ1) is 13.3. The fraction of sp³-hybridized carbons (Fsp3) is 0.235. The Bertz CT molecular complexity index is 1060. The molecule has 1 saturated heterocycles. The van der Waals surface area contributed by atoms with Crippen LogP contribution >= 0.6 is 23.2 Å². The van der Waals surface area contributed by atoms with Gasteiger partial charge in [0.1, 0.15) is 10.6 Å². The second kappa shape index (κ2) is 7.93. The number of piperazine rings is 1. The van der Waals surface area contributed by atoms with Crippen LogP contribution in [0.15, 0.2) is 41.3 Å². The first kappa shape index (κ1) is 20.4. The van der Waals surface area contributed by atoms with E-state index in [1.807, 2.05) is 6.07 Å². The zero-order valence-corrected chi connectivity index (χ0v) is 16.7. The number of halogens is 2. The predicted octanol–water partition coefficient (Wildman–Crippen LogP) is 3.28. The summed E-state index contributed by atoms with van der Waals surface area (Å²) in [7, 11) is -3.91. The van der Waals surface area contributed by atoms with Gasteiger partial charge in [-0.1, -0.05) is 29.3 Å². The van der Waals surface area contributed by atoms with Crippen LogP contribution in [0.4, 0.5) is 11.4 Å². The van der Waals surface area contributed by atoms with Crippen LogP contribution in [-0.2, 0) is 10.0 Å². The van der Waals surface area contributed by atoms with Crippen LogP contribution in [0.25, 0.3) is 0 Å². The van der Waals surface area contributed by atoms with Gasteiger partial charge in [-0.25, -0.2) is 8.42 Å². The molecule has 2 aromatic carbocycles. The van der Waals surface area contributed by atoms with Crippen LogP contribution in [0.1, 0.15) is 5.56 Å². The minimum atomic E-state index is -3.91. The molecule has 0 unspecified atom stereocenters. The van der Waals surface area contributed by atoms with Gasteiger partial charge in [0.25, 0.3) is 5.69 Å². The molecule has 11 heteroatoms. The fourth-order valence-corrected chi connectivity index (χ4v) is 5.54. The fourth-order valence-electron chi connectivity index (χ4n) is 3.03. The molecule has 0 aromatic heterocycles. The highest BCUT2D eigenvalue weighted by Gasteiger charge is 2.33. The van der Waals surface area contributed by atoms with E-state index in [4.69, 9.17) is 28.5 Å². The number of hydrogen-bond acceptors (Lipinski definition) is 6. The third kappa shape index (κ3) is 3.77. The Morgan fingerprint density at radius 3 is 2.21 bits per heavy atom. The van der Waals surface area contributed by atoms with Gasteiger partial charge in [-0.15, -0.1) is 0 Å². The van der Waals surface area contributed by atoms with Gasteiger partial charge >= 0.3 is 0 Å². The Balaban J connectivity index is 1.86. The molecule has 0 saturated carbocycles. The topological polar surface area (TPSA) is 108 Å². The van der Waals surface area contributed by atoms with E-state index in [1.54, 1.807) is 11.0 Å². The minimum absolute atomic E-state index is 0.0345. The van der Waals surface area contributed by atoms with E-state index in [2.05, 4.69) is 0 Å². The lowest BCUT2D eigenvalue weighted by Crippen LogP contribution is -2.48. The van der Waals surface area contributed by atoms with Gasteiger partial charge in [0, 0.05) is 32.2 Å². The third-order valence-corrected chi connectivity index (χ3v) is 7.25. The molecule has 146 valence electrons. The summed E-state index contributed by atoms with van der Waals surface area (Å²) >= 11 is 12.1.